The first-order valence-electron chi connectivity index (χ1n) is 5.88. The van der Waals surface area contributed by atoms with Crippen LogP contribution in [-0.2, 0) is 4.79 Å². The number of aliphatic hydroxyl groups excluding tert-OH is 2. The van der Waals surface area contributed by atoms with E-state index in [0.717, 1.165) is 19.4 Å². The Bertz CT molecular complexity index is 218. The molecule has 0 aliphatic heterocycles. The molecular formula is C11H21NO4. The summed E-state index contributed by atoms with van der Waals surface area (Å²) in [5, 5.41) is 26.9. The van der Waals surface area contributed by atoms with Crippen LogP contribution in [0.4, 0.5) is 0 Å². The van der Waals surface area contributed by atoms with Crippen molar-refractivity contribution in [3.05, 3.63) is 0 Å². The third-order valence-corrected chi connectivity index (χ3v) is 3.05. The van der Waals surface area contributed by atoms with E-state index in [9.17, 15) is 9.90 Å². The number of hydrogen-bond donors (Lipinski definition) is 3. The summed E-state index contributed by atoms with van der Waals surface area (Å²) in [4.78, 5) is 12.5. The number of carbonyl (C=O) groups is 1. The van der Waals surface area contributed by atoms with Gasteiger partial charge in [-0.3, -0.25) is 9.69 Å². The lowest BCUT2D eigenvalue weighted by atomic mass is 9.91. The van der Waals surface area contributed by atoms with Crippen LogP contribution in [0.15, 0.2) is 0 Å². The van der Waals surface area contributed by atoms with Crippen molar-refractivity contribution < 1.29 is 20.1 Å². The summed E-state index contributed by atoms with van der Waals surface area (Å²) in [5.41, 5.74) is 0. The van der Waals surface area contributed by atoms with Gasteiger partial charge in [-0.25, -0.2) is 0 Å². The van der Waals surface area contributed by atoms with Crippen LogP contribution < -0.4 is 0 Å². The average Bonchev–Trinajstić information content (AvgIpc) is 2.09. The second kappa shape index (κ2) is 6.83. The third-order valence-electron chi connectivity index (χ3n) is 3.05. The second-order valence-electron chi connectivity index (χ2n) is 4.41. The standard InChI is InChI=1S/C11H21NO4/c13-6-2-5-12(9-3-1-4-9)8-10(14)7-11(15)16/h9-10,13-14H,1-8H2,(H,15,16). The number of aliphatic hydroxyl groups is 2. The fourth-order valence-electron chi connectivity index (χ4n) is 1.99. The highest BCUT2D eigenvalue weighted by Gasteiger charge is 2.26. The zero-order valence-corrected chi connectivity index (χ0v) is 9.51. The maximum Gasteiger partial charge on any atom is 0.306 e. The fourth-order valence-corrected chi connectivity index (χ4v) is 1.99. The molecule has 0 aromatic heterocycles. The third kappa shape index (κ3) is 4.47. The van der Waals surface area contributed by atoms with E-state index in [1.807, 2.05) is 0 Å². The van der Waals surface area contributed by atoms with Crippen LogP contribution in [0.1, 0.15) is 32.1 Å². The molecule has 3 N–H and O–H groups in total. The predicted molar refractivity (Wildman–Crippen MR) is 59.2 cm³/mol. The first kappa shape index (κ1) is 13.4. The van der Waals surface area contributed by atoms with Gasteiger partial charge in [0.2, 0.25) is 0 Å². The quantitative estimate of drug-likeness (QED) is 0.550. The molecule has 16 heavy (non-hydrogen) atoms. The molecule has 1 atom stereocenters. The molecule has 5 nitrogen and oxygen atoms in total. The van der Waals surface area contributed by atoms with Gasteiger partial charge in [-0.15, -0.1) is 0 Å². The van der Waals surface area contributed by atoms with Gasteiger partial charge in [0.15, 0.2) is 0 Å². The summed E-state index contributed by atoms with van der Waals surface area (Å²) in [6, 6.07) is 0.468. The van der Waals surface area contributed by atoms with E-state index in [-0.39, 0.29) is 13.0 Å². The van der Waals surface area contributed by atoms with Gasteiger partial charge in [0.1, 0.15) is 0 Å². The molecule has 1 rings (SSSR count). The fraction of sp³-hybridized carbons (Fsp3) is 0.909. The largest absolute Gasteiger partial charge is 0.481 e. The number of rotatable bonds is 8. The Morgan fingerprint density at radius 3 is 2.56 bits per heavy atom. The number of carboxylic acid groups (broad SMARTS) is 1. The average molecular weight is 231 g/mol. The number of carboxylic acids is 1. The summed E-state index contributed by atoms with van der Waals surface area (Å²) < 4.78 is 0. The van der Waals surface area contributed by atoms with Crippen molar-refractivity contribution in [3.63, 3.8) is 0 Å². The molecule has 1 saturated carbocycles. The minimum Gasteiger partial charge on any atom is -0.481 e. The van der Waals surface area contributed by atoms with E-state index in [1.54, 1.807) is 0 Å². The molecular weight excluding hydrogens is 210 g/mol. The summed E-state index contributed by atoms with van der Waals surface area (Å²) in [7, 11) is 0. The highest BCUT2D eigenvalue weighted by Crippen LogP contribution is 2.25. The van der Waals surface area contributed by atoms with Crippen molar-refractivity contribution in [2.75, 3.05) is 19.7 Å². The molecule has 94 valence electrons. The Kier molecular flexibility index (Phi) is 5.73. The summed E-state index contributed by atoms with van der Waals surface area (Å²) in [5.74, 6) is -0.969. The molecule has 0 aromatic carbocycles. The van der Waals surface area contributed by atoms with Crippen molar-refractivity contribution in [1.82, 2.24) is 4.90 Å². The highest BCUT2D eigenvalue weighted by molar-refractivity contribution is 5.67. The number of nitrogens with zero attached hydrogens (tertiary/aromatic N) is 1. The summed E-state index contributed by atoms with van der Waals surface area (Å²) in [6.45, 7) is 1.27. The molecule has 0 spiro atoms. The van der Waals surface area contributed by atoms with Crippen LogP contribution >= 0.6 is 0 Å². The summed E-state index contributed by atoms with van der Waals surface area (Å²) in [6.07, 6.45) is 3.10. The monoisotopic (exact) mass is 231 g/mol. The molecule has 0 amide bonds. The van der Waals surface area contributed by atoms with Gasteiger partial charge in [-0.1, -0.05) is 6.42 Å². The smallest absolute Gasteiger partial charge is 0.306 e. The van der Waals surface area contributed by atoms with Gasteiger partial charge in [0, 0.05) is 25.7 Å². The molecule has 0 radical (unpaired) electrons. The zero-order valence-electron chi connectivity index (χ0n) is 9.51. The van der Waals surface area contributed by atoms with E-state index in [2.05, 4.69) is 4.90 Å². The molecule has 1 unspecified atom stereocenters. The molecule has 0 saturated heterocycles. The van der Waals surface area contributed by atoms with Crippen molar-refractivity contribution in [3.8, 4) is 0 Å². The molecule has 0 heterocycles. The topological polar surface area (TPSA) is 81.0 Å². The van der Waals surface area contributed by atoms with E-state index >= 15 is 0 Å². The molecule has 5 heteroatoms. The molecule has 1 aliphatic carbocycles. The van der Waals surface area contributed by atoms with E-state index < -0.39 is 12.1 Å². The van der Waals surface area contributed by atoms with Crippen LogP contribution in [0, 0.1) is 0 Å². The Balaban J connectivity index is 2.32. The number of aliphatic carboxylic acids is 1. The Morgan fingerprint density at radius 1 is 1.44 bits per heavy atom. The molecule has 0 aromatic rings. The maximum atomic E-state index is 10.4. The van der Waals surface area contributed by atoms with E-state index in [0.29, 0.717) is 19.0 Å². The van der Waals surface area contributed by atoms with Crippen LogP contribution in [-0.4, -0.2) is 58.0 Å². The van der Waals surface area contributed by atoms with Crippen LogP contribution in [0.5, 0.6) is 0 Å². The lowest BCUT2D eigenvalue weighted by molar-refractivity contribution is -0.139. The minimum absolute atomic E-state index is 0.137. The second-order valence-corrected chi connectivity index (χ2v) is 4.41. The summed E-state index contributed by atoms with van der Waals surface area (Å²) >= 11 is 0. The van der Waals surface area contributed by atoms with Gasteiger partial charge in [-0.2, -0.15) is 0 Å². The first-order chi connectivity index (χ1) is 7.63. The zero-order chi connectivity index (χ0) is 12.0. The van der Waals surface area contributed by atoms with Crippen molar-refractivity contribution >= 4 is 5.97 Å². The van der Waals surface area contributed by atoms with Crippen LogP contribution in [0.2, 0.25) is 0 Å². The molecule has 1 aliphatic rings. The SMILES string of the molecule is O=C(O)CC(O)CN(CCCO)C1CCC1. The Morgan fingerprint density at radius 2 is 2.12 bits per heavy atom. The van der Waals surface area contributed by atoms with Gasteiger partial charge in [0.25, 0.3) is 0 Å². The highest BCUT2D eigenvalue weighted by atomic mass is 16.4. The predicted octanol–water partition coefficient (Wildman–Crippen LogP) is 0.0589. The van der Waals surface area contributed by atoms with E-state index in [1.165, 1.54) is 6.42 Å². The molecule has 0 bridgehead atoms. The Labute approximate surface area is 95.7 Å². The van der Waals surface area contributed by atoms with Gasteiger partial charge < -0.3 is 15.3 Å². The van der Waals surface area contributed by atoms with Crippen LogP contribution in [0.3, 0.4) is 0 Å². The minimum atomic E-state index is -0.969. The normalized spacial score (nSPS) is 18.4. The van der Waals surface area contributed by atoms with Gasteiger partial charge >= 0.3 is 5.97 Å². The van der Waals surface area contributed by atoms with Crippen molar-refractivity contribution in [2.45, 2.75) is 44.2 Å². The molecule has 1 fully saturated rings. The maximum absolute atomic E-state index is 10.4. The van der Waals surface area contributed by atoms with E-state index in [4.69, 9.17) is 10.2 Å². The Hall–Kier alpha value is -0.650. The van der Waals surface area contributed by atoms with Gasteiger partial charge in [0.05, 0.1) is 12.5 Å². The lowest BCUT2D eigenvalue weighted by Crippen LogP contribution is -2.45. The van der Waals surface area contributed by atoms with Crippen LogP contribution in [0.25, 0.3) is 0 Å². The van der Waals surface area contributed by atoms with Crippen molar-refractivity contribution in [2.24, 2.45) is 0 Å². The van der Waals surface area contributed by atoms with Crippen molar-refractivity contribution in [1.29, 1.82) is 0 Å². The van der Waals surface area contributed by atoms with Gasteiger partial charge in [-0.05, 0) is 19.3 Å². The lowest BCUT2D eigenvalue weighted by Gasteiger charge is -2.38. The number of hydrogen-bond acceptors (Lipinski definition) is 4. The first-order valence-corrected chi connectivity index (χ1v) is 5.88.